The maximum absolute atomic E-state index is 13.5. The molecule has 1 saturated heterocycles. The fourth-order valence-electron chi connectivity index (χ4n) is 5.90. The van der Waals surface area contributed by atoms with Gasteiger partial charge in [0.05, 0.1) is 29.0 Å². The maximum Gasteiger partial charge on any atom is 0.343 e. The average molecular weight is 569 g/mol. The number of fused-ring (bicyclic) bond motifs is 5. The maximum atomic E-state index is 13.5. The number of aliphatic hydroxyl groups is 4. The number of carbonyl (C=O) groups excluding carboxylic acids is 1. The standard InChI is InChI=1S/C28H28N2O11/c1-3-12-13-7-11(40-26-22(33)20(31)21(32)23(41-26)25(35)36)5-6-17(13)29-19-14(12)9-30-18(19)8-16-15(24(30)34)10-39-27(37)28(16,38)4-2/h5-8,20-23,26,31-33,38H,3-4,9-10H2,1-2H3,(H,35,36)/t20?,21?,22?,23?,26?,28-/m0/s1. The third-order valence-corrected chi connectivity index (χ3v) is 8.20. The second-order valence-corrected chi connectivity index (χ2v) is 10.4. The molecule has 0 radical (unpaired) electrons. The van der Waals surface area contributed by atoms with Gasteiger partial charge >= 0.3 is 11.9 Å². The van der Waals surface area contributed by atoms with Crippen molar-refractivity contribution in [1.29, 1.82) is 0 Å². The summed E-state index contributed by atoms with van der Waals surface area (Å²) in [6.45, 7) is 3.55. The second-order valence-electron chi connectivity index (χ2n) is 10.4. The highest BCUT2D eigenvalue weighted by Gasteiger charge is 2.48. The molecule has 41 heavy (non-hydrogen) atoms. The van der Waals surface area contributed by atoms with E-state index in [4.69, 9.17) is 19.2 Å². The minimum atomic E-state index is -1.93. The summed E-state index contributed by atoms with van der Waals surface area (Å²) in [5.41, 5.74) is 1.37. The van der Waals surface area contributed by atoms with Crippen LogP contribution >= 0.6 is 0 Å². The van der Waals surface area contributed by atoms with Crippen molar-refractivity contribution in [1.82, 2.24) is 9.55 Å². The van der Waals surface area contributed by atoms with Gasteiger partial charge in [0, 0.05) is 16.5 Å². The molecule has 3 aromatic rings. The highest BCUT2D eigenvalue weighted by Crippen LogP contribution is 2.41. The van der Waals surface area contributed by atoms with E-state index in [0.29, 0.717) is 28.7 Å². The summed E-state index contributed by atoms with van der Waals surface area (Å²) in [4.78, 5) is 42.2. The minimum absolute atomic E-state index is 0.0331. The quantitative estimate of drug-likeness (QED) is 0.201. The molecule has 0 saturated carbocycles. The molecule has 1 fully saturated rings. The van der Waals surface area contributed by atoms with Crippen molar-refractivity contribution in [3.8, 4) is 17.1 Å². The SMILES string of the molecule is CCc1c2c(nc3ccc(OC4OC(C(=O)O)C(O)C(O)C4O)cc13)-c1cc3c(c(=O)n1C2)COC(=O)[C@]3(O)CC. The summed E-state index contributed by atoms with van der Waals surface area (Å²) in [6.07, 6.45) is -8.16. The third-order valence-electron chi connectivity index (χ3n) is 8.20. The van der Waals surface area contributed by atoms with Crippen LogP contribution in [0.15, 0.2) is 29.1 Å². The number of pyridine rings is 2. The van der Waals surface area contributed by atoms with E-state index in [-0.39, 0.29) is 42.0 Å². The van der Waals surface area contributed by atoms with Gasteiger partial charge in [-0.25, -0.2) is 14.6 Å². The van der Waals surface area contributed by atoms with Crippen LogP contribution in [0, 0.1) is 0 Å². The van der Waals surface area contributed by atoms with Gasteiger partial charge in [0.15, 0.2) is 11.7 Å². The first kappa shape index (κ1) is 27.3. The van der Waals surface area contributed by atoms with Crippen LogP contribution in [0.3, 0.4) is 0 Å². The highest BCUT2D eigenvalue weighted by atomic mass is 16.7. The summed E-state index contributed by atoms with van der Waals surface area (Å²) in [7, 11) is 0. The predicted molar refractivity (Wildman–Crippen MR) is 139 cm³/mol. The molecule has 0 amide bonds. The molecule has 5 heterocycles. The van der Waals surface area contributed by atoms with Gasteiger partial charge in [-0.3, -0.25) is 4.79 Å². The summed E-state index contributed by atoms with van der Waals surface area (Å²) in [6, 6.07) is 6.47. The normalized spacial score (nSPS) is 28.5. The first-order valence-electron chi connectivity index (χ1n) is 13.2. The zero-order valence-corrected chi connectivity index (χ0v) is 22.1. The average Bonchev–Trinajstić information content (AvgIpc) is 3.32. The van der Waals surface area contributed by atoms with E-state index < -0.39 is 48.2 Å². The number of rotatable bonds is 5. The molecule has 0 aliphatic carbocycles. The molecule has 3 aliphatic rings. The predicted octanol–water partition coefficient (Wildman–Crippen LogP) is -0.0870. The van der Waals surface area contributed by atoms with Crippen LogP contribution in [0.1, 0.15) is 42.5 Å². The van der Waals surface area contributed by atoms with Gasteiger partial charge in [0.2, 0.25) is 6.29 Å². The number of carbonyl (C=O) groups is 2. The monoisotopic (exact) mass is 568 g/mol. The Bertz CT molecular complexity index is 1670. The van der Waals surface area contributed by atoms with Crippen molar-refractivity contribution < 1.29 is 49.3 Å². The molecule has 6 atom stereocenters. The van der Waals surface area contributed by atoms with Crippen molar-refractivity contribution >= 4 is 22.8 Å². The third kappa shape index (κ3) is 3.95. The van der Waals surface area contributed by atoms with E-state index in [1.165, 1.54) is 6.07 Å². The Morgan fingerprint density at radius 3 is 2.56 bits per heavy atom. The molecule has 13 nitrogen and oxygen atoms in total. The summed E-state index contributed by atoms with van der Waals surface area (Å²) >= 11 is 0. The van der Waals surface area contributed by atoms with Gasteiger partial charge in [0.1, 0.15) is 30.7 Å². The van der Waals surface area contributed by atoms with E-state index in [2.05, 4.69) is 0 Å². The molecular formula is C28H28N2O11. The van der Waals surface area contributed by atoms with Crippen LogP contribution in [0.25, 0.3) is 22.3 Å². The van der Waals surface area contributed by atoms with Crippen molar-refractivity contribution in [2.24, 2.45) is 0 Å². The fourth-order valence-corrected chi connectivity index (χ4v) is 5.90. The van der Waals surface area contributed by atoms with E-state index in [1.807, 2.05) is 6.92 Å². The molecule has 0 spiro atoms. The number of hydrogen-bond donors (Lipinski definition) is 5. The van der Waals surface area contributed by atoms with Crippen LogP contribution in [0.2, 0.25) is 0 Å². The van der Waals surface area contributed by atoms with Crippen LogP contribution in [-0.4, -0.2) is 77.7 Å². The number of benzene rings is 1. The van der Waals surface area contributed by atoms with Gasteiger partial charge < -0.3 is 44.3 Å². The number of ether oxygens (including phenoxy) is 3. The number of cyclic esters (lactones) is 1. The molecule has 13 heteroatoms. The number of esters is 1. The molecule has 216 valence electrons. The Balaban J connectivity index is 1.42. The van der Waals surface area contributed by atoms with Crippen LogP contribution in [-0.2, 0) is 44.2 Å². The molecule has 1 aromatic carbocycles. The Hall–Kier alpha value is -3.88. The first-order chi connectivity index (χ1) is 19.5. The van der Waals surface area contributed by atoms with Gasteiger partial charge in [0.25, 0.3) is 5.56 Å². The van der Waals surface area contributed by atoms with E-state index >= 15 is 0 Å². The lowest BCUT2D eigenvalue weighted by Gasteiger charge is -2.38. The zero-order chi connectivity index (χ0) is 29.4. The van der Waals surface area contributed by atoms with E-state index in [0.717, 1.165) is 11.1 Å². The summed E-state index contributed by atoms with van der Waals surface area (Å²) in [5, 5.41) is 51.5. The molecule has 5 N–H and O–H groups in total. The molecule has 5 unspecified atom stereocenters. The Morgan fingerprint density at radius 2 is 1.88 bits per heavy atom. The summed E-state index contributed by atoms with van der Waals surface area (Å²) < 4.78 is 17.6. The lowest BCUT2D eigenvalue weighted by atomic mass is 9.86. The number of carboxylic acid groups (broad SMARTS) is 1. The molecule has 0 bridgehead atoms. The van der Waals surface area contributed by atoms with Crippen molar-refractivity contribution in [2.75, 3.05) is 0 Å². The van der Waals surface area contributed by atoms with Gasteiger partial charge in [-0.1, -0.05) is 13.8 Å². The number of nitrogens with zero attached hydrogens (tertiary/aromatic N) is 2. The van der Waals surface area contributed by atoms with Crippen LogP contribution < -0.4 is 10.3 Å². The van der Waals surface area contributed by atoms with Gasteiger partial charge in [-0.05, 0) is 42.7 Å². The number of aryl methyl sites for hydroxylation is 1. The van der Waals surface area contributed by atoms with Crippen LogP contribution in [0.4, 0.5) is 0 Å². The minimum Gasteiger partial charge on any atom is -0.479 e. The van der Waals surface area contributed by atoms with Crippen molar-refractivity contribution in [3.63, 3.8) is 0 Å². The Morgan fingerprint density at radius 1 is 1.12 bits per heavy atom. The fraction of sp³-hybridized carbons (Fsp3) is 0.429. The van der Waals surface area contributed by atoms with Crippen molar-refractivity contribution in [3.05, 3.63) is 56.9 Å². The number of aromatic nitrogens is 2. The topological polar surface area (TPSA) is 198 Å². The number of aliphatic carboxylic acids is 1. The van der Waals surface area contributed by atoms with Crippen molar-refractivity contribution in [2.45, 2.75) is 76.1 Å². The van der Waals surface area contributed by atoms with E-state index in [9.17, 15) is 39.9 Å². The van der Waals surface area contributed by atoms with Gasteiger partial charge in [-0.2, -0.15) is 0 Å². The zero-order valence-electron chi connectivity index (χ0n) is 22.1. The summed E-state index contributed by atoms with van der Waals surface area (Å²) in [5.74, 6) is -2.13. The lowest BCUT2D eigenvalue weighted by Crippen LogP contribution is -2.61. The molecule has 2 aromatic heterocycles. The van der Waals surface area contributed by atoms with Gasteiger partial charge in [-0.15, -0.1) is 0 Å². The Kier molecular flexibility index (Phi) is 6.39. The molecular weight excluding hydrogens is 540 g/mol. The smallest absolute Gasteiger partial charge is 0.343 e. The second kappa shape index (κ2) is 9.60. The number of aliphatic hydroxyl groups excluding tert-OH is 3. The van der Waals surface area contributed by atoms with E-state index in [1.54, 1.807) is 29.7 Å². The Labute approximate surface area is 232 Å². The molecule has 3 aliphatic heterocycles. The lowest BCUT2D eigenvalue weighted by molar-refractivity contribution is -0.271. The highest BCUT2D eigenvalue weighted by molar-refractivity contribution is 5.90. The largest absolute Gasteiger partial charge is 0.479 e. The first-order valence-corrected chi connectivity index (χ1v) is 13.2. The molecule has 6 rings (SSSR count). The number of hydrogen-bond acceptors (Lipinski definition) is 11. The number of carboxylic acids is 1. The van der Waals surface area contributed by atoms with Crippen LogP contribution in [0.5, 0.6) is 5.75 Å².